The van der Waals surface area contributed by atoms with Crippen LogP contribution < -0.4 is 10.9 Å². The summed E-state index contributed by atoms with van der Waals surface area (Å²) in [6, 6.07) is 0. The van der Waals surface area contributed by atoms with Crippen LogP contribution in [0.3, 0.4) is 0 Å². The van der Waals surface area contributed by atoms with Crippen LogP contribution in [-0.2, 0) is 14.2 Å². The van der Waals surface area contributed by atoms with Gasteiger partial charge in [0.25, 0.3) is 0 Å². The highest BCUT2D eigenvalue weighted by atomic mass is 16.7. The standard InChI is InChI=1S/C6H12N2O3/c1-2-10-6-5(9-1)3-7-8-4-11-6/h5-8H,1-4H2. The molecule has 0 amide bonds. The van der Waals surface area contributed by atoms with Crippen LogP contribution in [0.2, 0.25) is 0 Å². The van der Waals surface area contributed by atoms with Gasteiger partial charge in [-0.05, 0) is 0 Å². The van der Waals surface area contributed by atoms with Crippen molar-refractivity contribution in [2.75, 3.05) is 26.5 Å². The molecule has 0 radical (unpaired) electrons. The second kappa shape index (κ2) is 3.46. The Hall–Kier alpha value is -0.200. The topological polar surface area (TPSA) is 51.8 Å². The van der Waals surface area contributed by atoms with E-state index in [-0.39, 0.29) is 12.4 Å². The lowest BCUT2D eigenvalue weighted by atomic mass is 10.3. The van der Waals surface area contributed by atoms with Crippen LogP contribution in [0, 0.1) is 0 Å². The predicted octanol–water partition coefficient (Wildman–Crippen LogP) is -1.19. The van der Waals surface area contributed by atoms with Gasteiger partial charge in [0.2, 0.25) is 0 Å². The van der Waals surface area contributed by atoms with Crippen LogP contribution >= 0.6 is 0 Å². The van der Waals surface area contributed by atoms with Crippen molar-refractivity contribution in [3.8, 4) is 0 Å². The van der Waals surface area contributed by atoms with Crippen LogP contribution in [0.25, 0.3) is 0 Å². The Labute approximate surface area is 65.0 Å². The van der Waals surface area contributed by atoms with Crippen molar-refractivity contribution in [3.63, 3.8) is 0 Å². The number of hydrogen-bond acceptors (Lipinski definition) is 5. The summed E-state index contributed by atoms with van der Waals surface area (Å²) in [6.45, 7) is 2.47. The van der Waals surface area contributed by atoms with Gasteiger partial charge in [0, 0.05) is 6.54 Å². The quantitative estimate of drug-likeness (QED) is 0.466. The van der Waals surface area contributed by atoms with E-state index in [1.54, 1.807) is 0 Å². The fourth-order valence-corrected chi connectivity index (χ4v) is 1.21. The van der Waals surface area contributed by atoms with Gasteiger partial charge in [-0.25, -0.2) is 5.43 Å². The third-order valence-electron chi connectivity index (χ3n) is 1.75. The average Bonchev–Trinajstić information content (AvgIpc) is 2.28. The Balaban J connectivity index is 1.93. The lowest BCUT2D eigenvalue weighted by molar-refractivity contribution is -0.240. The summed E-state index contributed by atoms with van der Waals surface area (Å²) in [6.07, 6.45) is -0.176. The monoisotopic (exact) mass is 160 g/mol. The van der Waals surface area contributed by atoms with E-state index in [2.05, 4.69) is 10.9 Å². The zero-order valence-corrected chi connectivity index (χ0v) is 6.21. The molecule has 0 saturated carbocycles. The Morgan fingerprint density at radius 2 is 1.91 bits per heavy atom. The molecule has 2 fully saturated rings. The van der Waals surface area contributed by atoms with E-state index >= 15 is 0 Å². The van der Waals surface area contributed by atoms with Gasteiger partial charge < -0.3 is 14.2 Å². The molecule has 5 heteroatoms. The summed E-state index contributed by atoms with van der Waals surface area (Å²) >= 11 is 0. The minimum atomic E-state index is -0.203. The van der Waals surface area contributed by atoms with Gasteiger partial charge in [-0.15, -0.1) is 0 Å². The molecule has 2 N–H and O–H groups in total. The summed E-state index contributed by atoms with van der Waals surface area (Å²) in [7, 11) is 0. The molecule has 0 aromatic carbocycles. The number of ether oxygens (including phenoxy) is 3. The highest BCUT2D eigenvalue weighted by molar-refractivity contribution is 4.70. The van der Waals surface area contributed by atoms with Crippen LogP contribution in [0.15, 0.2) is 0 Å². The van der Waals surface area contributed by atoms with Crippen molar-refractivity contribution in [1.82, 2.24) is 10.9 Å². The largest absolute Gasteiger partial charge is 0.369 e. The average molecular weight is 160 g/mol. The van der Waals surface area contributed by atoms with Gasteiger partial charge in [-0.2, -0.15) is 0 Å². The molecule has 0 aliphatic carbocycles. The number of hydrazine groups is 1. The van der Waals surface area contributed by atoms with E-state index in [1.807, 2.05) is 0 Å². The smallest absolute Gasteiger partial charge is 0.186 e. The number of rotatable bonds is 0. The van der Waals surface area contributed by atoms with Gasteiger partial charge in [0.05, 0.1) is 13.2 Å². The van der Waals surface area contributed by atoms with Crippen molar-refractivity contribution in [2.45, 2.75) is 12.4 Å². The molecule has 2 rings (SSSR count). The summed E-state index contributed by atoms with van der Waals surface area (Å²) in [4.78, 5) is 0. The summed E-state index contributed by atoms with van der Waals surface area (Å²) in [5.41, 5.74) is 5.84. The molecule has 0 aromatic rings. The normalized spacial score (nSPS) is 39.3. The maximum Gasteiger partial charge on any atom is 0.186 e. The third-order valence-corrected chi connectivity index (χ3v) is 1.75. The molecule has 64 valence electrons. The molecule has 2 aliphatic rings. The SMILES string of the molecule is C1COC2OCNNCC2O1. The van der Waals surface area contributed by atoms with E-state index in [0.29, 0.717) is 19.9 Å². The molecule has 0 aromatic heterocycles. The molecule has 2 atom stereocenters. The molecular weight excluding hydrogens is 148 g/mol. The van der Waals surface area contributed by atoms with E-state index in [1.165, 1.54) is 0 Å². The summed E-state index contributed by atoms with van der Waals surface area (Å²) in [5, 5.41) is 0. The van der Waals surface area contributed by atoms with Gasteiger partial charge >= 0.3 is 0 Å². The van der Waals surface area contributed by atoms with E-state index in [4.69, 9.17) is 14.2 Å². The van der Waals surface area contributed by atoms with Gasteiger partial charge in [-0.3, -0.25) is 5.43 Å². The lowest BCUT2D eigenvalue weighted by Gasteiger charge is -2.28. The molecule has 2 unspecified atom stereocenters. The number of nitrogens with one attached hydrogen (secondary N) is 2. The Bertz CT molecular complexity index is 119. The van der Waals surface area contributed by atoms with Crippen LogP contribution in [0.5, 0.6) is 0 Å². The fraction of sp³-hybridized carbons (Fsp3) is 1.00. The number of fused-ring (bicyclic) bond motifs is 1. The fourth-order valence-electron chi connectivity index (χ4n) is 1.21. The minimum absolute atomic E-state index is 0.0266. The van der Waals surface area contributed by atoms with E-state index in [9.17, 15) is 0 Å². The Morgan fingerprint density at radius 3 is 2.91 bits per heavy atom. The van der Waals surface area contributed by atoms with Crippen molar-refractivity contribution in [1.29, 1.82) is 0 Å². The van der Waals surface area contributed by atoms with Crippen LogP contribution in [0.1, 0.15) is 0 Å². The summed E-state index contributed by atoms with van der Waals surface area (Å²) < 4.78 is 16.0. The first-order valence-corrected chi connectivity index (χ1v) is 3.77. The predicted molar refractivity (Wildman–Crippen MR) is 36.6 cm³/mol. The molecule has 0 bridgehead atoms. The first-order chi connectivity index (χ1) is 5.47. The van der Waals surface area contributed by atoms with Crippen molar-refractivity contribution >= 4 is 0 Å². The second-order valence-corrected chi connectivity index (χ2v) is 2.52. The van der Waals surface area contributed by atoms with E-state index < -0.39 is 0 Å². The molecule has 5 nitrogen and oxygen atoms in total. The molecule has 2 aliphatic heterocycles. The van der Waals surface area contributed by atoms with Crippen LogP contribution in [-0.4, -0.2) is 38.9 Å². The molecule has 2 saturated heterocycles. The maximum atomic E-state index is 5.41. The Morgan fingerprint density at radius 1 is 1.00 bits per heavy atom. The first-order valence-electron chi connectivity index (χ1n) is 3.77. The second-order valence-electron chi connectivity index (χ2n) is 2.52. The molecule has 0 spiro atoms. The van der Waals surface area contributed by atoms with Gasteiger partial charge in [0.15, 0.2) is 6.29 Å². The van der Waals surface area contributed by atoms with Crippen LogP contribution in [0.4, 0.5) is 0 Å². The molecule has 2 heterocycles. The highest BCUT2D eigenvalue weighted by Gasteiger charge is 2.28. The number of hydrogen-bond donors (Lipinski definition) is 2. The third kappa shape index (κ3) is 1.69. The van der Waals surface area contributed by atoms with Crippen molar-refractivity contribution in [3.05, 3.63) is 0 Å². The molecule has 11 heavy (non-hydrogen) atoms. The zero-order chi connectivity index (χ0) is 7.52. The Kier molecular flexibility index (Phi) is 2.35. The van der Waals surface area contributed by atoms with Gasteiger partial charge in [0.1, 0.15) is 12.8 Å². The zero-order valence-electron chi connectivity index (χ0n) is 6.21. The van der Waals surface area contributed by atoms with E-state index in [0.717, 1.165) is 6.54 Å². The maximum absolute atomic E-state index is 5.41. The summed E-state index contributed by atoms with van der Waals surface area (Å²) in [5.74, 6) is 0. The van der Waals surface area contributed by atoms with Gasteiger partial charge in [-0.1, -0.05) is 0 Å². The molecular formula is C6H12N2O3. The minimum Gasteiger partial charge on any atom is -0.369 e. The lowest BCUT2D eigenvalue weighted by Crippen LogP contribution is -2.44. The van der Waals surface area contributed by atoms with Crippen molar-refractivity contribution in [2.24, 2.45) is 0 Å². The highest BCUT2D eigenvalue weighted by Crippen LogP contribution is 2.11. The first kappa shape index (κ1) is 7.45. The van der Waals surface area contributed by atoms with Crippen molar-refractivity contribution < 1.29 is 14.2 Å².